The quantitative estimate of drug-likeness (QED) is 0.870. The summed E-state index contributed by atoms with van der Waals surface area (Å²) in [4.78, 5) is 4.22. The summed E-state index contributed by atoms with van der Waals surface area (Å²) in [6, 6.07) is 8.25. The third-order valence-corrected chi connectivity index (χ3v) is 2.89. The lowest BCUT2D eigenvalue weighted by atomic mass is 10.0. The van der Waals surface area contributed by atoms with Gasteiger partial charge >= 0.3 is 0 Å². The highest BCUT2D eigenvalue weighted by atomic mass is 16.3. The van der Waals surface area contributed by atoms with Crippen LogP contribution in [-0.4, -0.2) is 20.8 Å². The van der Waals surface area contributed by atoms with Gasteiger partial charge in [-0.15, -0.1) is 0 Å². The lowest BCUT2D eigenvalue weighted by Gasteiger charge is -2.11. The molecule has 1 N–H and O–H groups in total. The predicted octanol–water partition coefficient (Wildman–Crippen LogP) is 1.87. The van der Waals surface area contributed by atoms with Crippen molar-refractivity contribution in [2.45, 2.75) is 25.9 Å². The predicted molar refractivity (Wildman–Crippen MR) is 67.8 cm³/mol. The molecule has 1 aromatic carbocycles. The highest BCUT2D eigenvalue weighted by Crippen LogP contribution is 2.09. The minimum absolute atomic E-state index is 0.377. The normalized spacial score (nSPS) is 12.6. The molecule has 0 spiro atoms. The topological polar surface area (TPSA) is 38.1 Å². The molecular formula is C14H18N2O. The second-order valence-electron chi connectivity index (χ2n) is 4.51. The van der Waals surface area contributed by atoms with Gasteiger partial charge in [-0.05, 0) is 18.9 Å². The molecule has 1 unspecified atom stereocenters. The van der Waals surface area contributed by atoms with E-state index in [-0.39, 0.29) is 6.10 Å². The number of imidazole rings is 1. The first-order chi connectivity index (χ1) is 8.15. The van der Waals surface area contributed by atoms with Gasteiger partial charge in [0, 0.05) is 25.9 Å². The molecule has 0 saturated heterocycles. The molecule has 0 saturated carbocycles. The van der Waals surface area contributed by atoms with Crippen LogP contribution < -0.4 is 0 Å². The molecule has 2 rings (SSSR count). The van der Waals surface area contributed by atoms with E-state index in [9.17, 15) is 5.11 Å². The molecule has 90 valence electrons. The molecule has 3 nitrogen and oxygen atoms in total. The zero-order chi connectivity index (χ0) is 12.3. The van der Waals surface area contributed by atoms with E-state index in [2.05, 4.69) is 30.1 Å². The Hall–Kier alpha value is -1.61. The van der Waals surface area contributed by atoms with Crippen LogP contribution in [0.1, 0.15) is 17.0 Å². The summed E-state index contributed by atoms with van der Waals surface area (Å²) in [5.74, 6) is 0.921. The van der Waals surface area contributed by atoms with Gasteiger partial charge < -0.3 is 9.67 Å². The van der Waals surface area contributed by atoms with Crippen molar-refractivity contribution in [1.82, 2.24) is 9.55 Å². The molecule has 0 fully saturated rings. The SMILES string of the molecule is Cc1cccc(CC(O)Cc2nccn2C)c1. The second-order valence-corrected chi connectivity index (χ2v) is 4.51. The molecular weight excluding hydrogens is 212 g/mol. The summed E-state index contributed by atoms with van der Waals surface area (Å²) in [7, 11) is 1.95. The minimum atomic E-state index is -0.377. The van der Waals surface area contributed by atoms with Crippen molar-refractivity contribution < 1.29 is 5.11 Å². The Labute approximate surface area is 102 Å². The van der Waals surface area contributed by atoms with Crippen LogP contribution in [0, 0.1) is 6.92 Å². The Bertz CT molecular complexity index is 490. The highest BCUT2D eigenvalue weighted by molar-refractivity contribution is 5.22. The lowest BCUT2D eigenvalue weighted by Crippen LogP contribution is -2.16. The van der Waals surface area contributed by atoms with Crippen LogP contribution in [0.25, 0.3) is 0 Å². The van der Waals surface area contributed by atoms with E-state index in [1.54, 1.807) is 6.20 Å². The maximum absolute atomic E-state index is 10.0. The average Bonchev–Trinajstić information content (AvgIpc) is 2.64. The Morgan fingerprint density at radius 1 is 1.35 bits per heavy atom. The number of hydrogen-bond donors (Lipinski definition) is 1. The summed E-state index contributed by atoms with van der Waals surface area (Å²) in [5.41, 5.74) is 2.40. The first kappa shape index (κ1) is 11.9. The third kappa shape index (κ3) is 3.17. The second kappa shape index (κ2) is 5.15. The Balaban J connectivity index is 1.98. The van der Waals surface area contributed by atoms with Gasteiger partial charge in [0.25, 0.3) is 0 Å². The van der Waals surface area contributed by atoms with E-state index in [0.29, 0.717) is 12.8 Å². The highest BCUT2D eigenvalue weighted by Gasteiger charge is 2.09. The molecule has 3 heteroatoms. The van der Waals surface area contributed by atoms with E-state index >= 15 is 0 Å². The zero-order valence-corrected chi connectivity index (χ0v) is 10.3. The standard InChI is InChI=1S/C14H18N2O/c1-11-4-3-5-12(8-11)9-13(17)10-14-15-6-7-16(14)2/h3-8,13,17H,9-10H2,1-2H3. The van der Waals surface area contributed by atoms with Gasteiger partial charge in [-0.3, -0.25) is 0 Å². The van der Waals surface area contributed by atoms with Crippen molar-refractivity contribution >= 4 is 0 Å². The zero-order valence-electron chi connectivity index (χ0n) is 10.3. The number of aryl methyl sites for hydroxylation is 2. The van der Waals surface area contributed by atoms with Gasteiger partial charge in [0.05, 0.1) is 6.10 Å². The first-order valence-electron chi connectivity index (χ1n) is 5.85. The molecule has 0 radical (unpaired) electrons. The summed E-state index contributed by atoms with van der Waals surface area (Å²) in [6.45, 7) is 2.06. The minimum Gasteiger partial charge on any atom is -0.392 e. The molecule has 0 amide bonds. The smallest absolute Gasteiger partial charge is 0.110 e. The Morgan fingerprint density at radius 2 is 2.18 bits per heavy atom. The average molecular weight is 230 g/mol. The Morgan fingerprint density at radius 3 is 2.82 bits per heavy atom. The van der Waals surface area contributed by atoms with Crippen LogP contribution in [0.2, 0.25) is 0 Å². The maximum atomic E-state index is 10.0. The number of benzene rings is 1. The van der Waals surface area contributed by atoms with Gasteiger partial charge in [0.15, 0.2) is 0 Å². The van der Waals surface area contributed by atoms with Gasteiger partial charge in [0.2, 0.25) is 0 Å². The largest absolute Gasteiger partial charge is 0.392 e. The van der Waals surface area contributed by atoms with Crippen molar-refractivity contribution in [2.24, 2.45) is 7.05 Å². The van der Waals surface area contributed by atoms with Crippen LogP contribution in [0.4, 0.5) is 0 Å². The summed E-state index contributed by atoms with van der Waals surface area (Å²) >= 11 is 0. The van der Waals surface area contributed by atoms with Gasteiger partial charge in [-0.1, -0.05) is 29.8 Å². The summed E-state index contributed by atoms with van der Waals surface area (Å²) < 4.78 is 1.94. The summed E-state index contributed by atoms with van der Waals surface area (Å²) in [6.07, 6.45) is 4.55. The van der Waals surface area contributed by atoms with E-state index < -0.39 is 0 Å². The fraction of sp³-hybridized carbons (Fsp3) is 0.357. The van der Waals surface area contributed by atoms with E-state index in [4.69, 9.17) is 0 Å². The molecule has 0 aliphatic rings. The number of aliphatic hydroxyl groups is 1. The molecule has 0 aliphatic heterocycles. The van der Waals surface area contributed by atoms with Crippen LogP contribution in [-0.2, 0) is 19.9 Å². The number of aliphatic hydroxyl groups excluding tert-OH is 1. The van der Waals surface area contributed by atoms with Crippen LogP contribution >= 0.6 is 0 Å². The van der Waals surface area contributed by atoms with Crippen molar-refractivity contribution in [3.63, 3.8) is 0 Å². The molecule has 1 heterocycles. The number of aromatic nitrogens is 2. The van der Waals surface area contributed by atoms with Crippen molar-refractivity contribution in [3.05, 3.63) is 53.6 Å². The maximum Gasteiger partial charge on any atom is 0.110 e. The van der Waals surface area contributed by atoms with Gasteiger partial charge in [-0.25, -0.2) is 4.98 Å². The lowest BCUT2D eigenvalue weighted by molar-refractivity contribution is 0.172. The number of nitrogens with zero attached hydrogens (tertiary/aromatic N) is 2. The molecule has 1 atom stereocenters. The van der Waals surface area contributed by atoms with Crippen LogP contribution in [0.5, 0.6) is 0 Å². The molecule has 1 aromatic heterocycles. The van der Waals surface area contributed by atoms with E-state index in [0.717, 1.165) is 5.82 Å². The van der Waals surface area contributed by atoms with Crippen molar-refractivity contribution in [3.8, 4) is 0 Å². The monoisotopic (exact) mass is 230 g/mol. The van der Waals surface area contributed by atoms with E-state index in [1.165, 1.54) is 11.1 Å². The molecule has 2 aromatic rings. The first-order valence-corrected chi connectivity index (χ1v) is 5.85. The van der Waals surface area contributed by atoms with Gasteiger partial charge in [0.1, 0.15) is 5.82 Å². The van der Waals surface area contributed by atoms with Crippen LogP contribution in [0.3, 0.4) is 0 Å². The van der Waals surface area contributed by atoms with Crippen molar-refractivity contribution in [1.29, 1.82) is 0 Å². The molecule has 0 bridgehead atoms. The van der Waals surface area contributed by atoms with Crippen LogP contribution in [0.15, 0.2) is 36.7 Å². The van der Waals surface area contributed by atoms with Crippen molar-refractivity contribution in [2.75, 3.05) is 0 Å². The molecule has 17 heavy (non-hydrogen) atoms. The molecule has 0 aliphatic carbocycles. The fourth-order valence-electron chi connectivity index (χ4n) is 1.99. The fourth-order valence-corrected chi connectivity index (χ4v) is 1.99. The third-order valence-electron chi connectivity index (χ3n) is 2.89. The summed E-state index contributed by atoms with van der Waals surface area (Å²) in [5, 5.41) is 10.0. The van der Waals surface area contributed by atoms with E-state index in [1.807, 2.05) is 23.9 Å². The number of hydrogen-bond acceptors (Lipinski definition) is 2. The number of rotatable bonds is 4. The Kier molecular flexibility index (Phi) is 3.59. The van der Waals surface area contributed by atoms with Gasteiger partial charge in [-0.2, -0.15) is 0 Å².